The molecular weight excluding hydrogens is 460 g/mol. The average Bonchev–Trinajstić information content (AvgIpc) is 2.84. The zero-order chi connectivity index (χ0) is 25.0. The Kier molecular flexibility index (Phi) is 19.5. The average molecular weight is 513 g/mol. The van der Waals surface area contributed by atoms with Crippen molar-refractivity contribution in [2.75, 3.05) is 36.1 Å². The van der Waals surface area contributed by atoms with E-state index in [-0.39, 0.29) is 30.2 Å². The van der Waals surface area contributed by atoms with Crippen LogP contribution < -0.4 is 10.6 Å². The molecule has 0 amide bonds. The lowest BCUT2D eigenvalue weighted by Gasteiger charge is -2.21. The summed E-state index contributed by atoms with van der Waals surface area (Å²) >= 11 is 3.57. The fourth-order valence-electron chi connectivity index (χ4n) is 4.76. The molecule has 3 atom stereocenters. The highest BCUT2D eigenvalue weighted by Gasteiger charge is 2.22. The summed E-state index contributed by atoms with van der Waals surface area (Å²) in [4.78, 5) is 25.8. The summed E-state index contributed by atoms with van der Waals surface area (Å²) in [7, 11) is 0. The van der Waals surface area contributed by atoms with Gasteiger partial charge in [-0.3, -0.25) is 14.9 Å². The van der Waals surface area contributed by atoms with Gasteiger partial charge in [0.1, 0.15) is 0 Å². The molecule has 2 N–H and O–H groups in total. The Balaban J connectivity index is 2.51. The highest BCUT2D eigenvalue weighted by Crippen LogP contribution is 2.27. The zero-order valence-corrected chi connectivity index (χ0v) is 24.1. The van der Waals surface area contributed by atoms with Gasteiger partial charge in [0, 0.05) is 17.9 Å². The SMILES string of the molecule is CC=C1CCCCCC(CCCC(=O)C(CSCC)NCC(=O)C(CSCC)NCC)CCC1. The molecule has 1 aliphatic rings. The molecule has 0 spiro atoms. The molecule has 0 heterocycles. The lowest BCUT2D eigenvalue weighted by Crippen LogP contribution is -2.48. The van der Waals surface area contributed by atoms with Crippen LogP contribution in [0.25, 0.3) is 0 Å². The van der Waals surface area contributed by atoms with Gasteiger partial charge in [-0.25, -0.2) is 0 Å². The summed E-state index contributed by atoms with van der Waals surface area (Å²) in [5, 5.41) is 6.63. The molecule has 0 aromatic rings. The van der Waals surface area contributed by atoms with Crippen LogP contribution in [0.3, 0.4) is 0 Å². The Hall–Kier alpha value is -0.300. The molecule has 0 saturated heterocycles. The Morgan fingerprint density at radius 1 is 0.912 bits per heavy atom. The van der Waals surface area contributed by atoms with Crippen LogP contribution >= 0.6 is 23.5 Å². The molecule has 1 rings (SSSR count). The molecule has 3 unspecified atom stereocenters. The van der Waals surface area contributed by atoms with E-state index in [0.29, 0.717) is 6.42 Å². The zero-order valence-electron chi connectivity index (χ0n) is 22.5. The Morgan fingerprint density at radius 3 is 2.21 bits per heavy atom. The van der Waals surface area contributed by atoms with Crippen LogP contribution in [-0.4, -0.2) is 59.8 Å². The number of rotatable bonds is 17. The lowest BCUT2D eigenvalue weighted by molar-refractivity contribution is -0.121. The summed E-state index contributed by atoms with van der Waals surface area (Å²) < 4.78 is 0. The van der Waals surface area contributed by atoms with Gasteiger partial charge >= 0.3 is 0 Å². The van der Waals surface area contributed by atoms with E-state index >= 15 is 0 Å². The minimum atomic E-state index is -0.212. The third kappa shape index (κ3) is 14.3. The quantitative estimate of drug-likeness (QED) is 0.219. The molecule has 6 heteroatoms. The lowest BCUT2D eigenvalue weighted by atomic mass is 9.87. The molecule has 0 radical (unpaired) electrons. The Morgan fingerprint density at radius 2 is 1.56 bits per heavy atom. The van der Waals surface area contributed by atoms with Gasteiger partial charge in [-0.2, -0.15) is 23.5 Å². The first-order valence-corrected chi connectivity index (χ1v) is 16.2. The van der Waals surface area contributed by atoms with Crippen LogP contribution in [0.5, 0.6) is 0 Å². The van der Waals surface area contributed by atoms with Gasteiger partial charge in [0.15, 0.2) is 11.6 Å². The van der Waals surface area contributed by atoms with Crippen molar-refractivity contribution < 1.29 is 9.59 Å². The molecule has 0 aromatic carbocycles. The normalized spacial score (nSPS) is 20.7. The maximum Gasteiger partial charge on any atom is 0.164 e. The maximum atomic E-state index is 13.1. The van der Waals surface area contributed by atoms with Gasteiger partial charge in [0.05, 0.1) is 18.6 Å². The van der Waals surface area contributed by atoms with E-state index in [1.54, 1.807) is 29.1 Å². The number of hydrogen-bond donors (Lipinski definition) is 2. The smallest absolute Gasteiger partial charge is 0.164 e. The van der Waals surface area contributed by atoms with Crippen molar-refractivity contribution in [3.63, 3.8) is 0 Å². The van der Waals surface area contributed by atoms with E-state index < -0.39 is 0 Å². The molecule has 34 heavy (non-hydrogen) atoms. The van der Waals surface area contributed by atoms with Crippen LogP contribution in [0, 0.1) is 5.92 Å². The molecule has 1 fully saturated rings. The Bertz CT molecular complexity index is 583. The predicted molar refractivity (Wildman–Crippen MR) is 153 cm³/mol. The summed E-state index contributed by atoms with van der Waals surface area (Å²) in [5.41, 5.74) is 1.64. The fourth-order valence-corrected chi connectivity index (χ4v) is 6.31. The number of allylic oxidation sites excluding steroid dienone is 2. The molecule has 0 aliphatic heterocycles. The highest BCUT2D eigenvalue weighted by atomic mass is 32.2. The van der Waals surface area contributed by atoms with Gasteiger partial charge in [-0.1, -0.05) is 64.5 Å². The second kappa shape index (κ2) is 20.8. The predicted octanol–water partition coefficient (Wildman–Crippen LogP) is 6.43. The Labute approximate surface area is 219 Å². The maximum absolute atomic E-state index is 13.1. The summed E-state index contributed by atoms with van der Waals surface area (Å²) in [5.74, 6) is 4.77. The molecule has 1 aliphatic carbocycles. The summed E-state index contributed by atoms with van der Waals surface area (Å²) in [6.07, 6.45) is 15.6. The standard InChI is InChI=1S/C28H52N2O2S2/c1-5-23-14-10-9-11-15-24(17-12-16-23)18-13-19-27(31)25(21-33-7-3)30-20-28(32)26(29-6-2)22-34-8-4/h5,24-26,29-30H,6-22H2,1-4H3. The van der Waals surface area contributed by atoms with Gasteiger partial charge in [-0.15, -0.1) is 0 Å². The van der Waals surface area contributed by atoms with E-state index in [4.69, 9.17) is 0 Å². The molecule has 1 saturated carbocycles. The first-order valence-electron chi connectivity index (χ1n) is 13.9. The van der Waals surface area contributed by atoms with Gasteiger partial charge in [0.2, 0.25) is 0 Å². The minimum Gasteiger partial charge on any atom is -0.307 e. The number of likely N-dealkylation sites (N-methyl/N-ethyl adjacent to an activating group) is 1. The number of Topliss-reactive ketones (excluding diaryl/α,β-unsaturated/α-hetero) is 2. The summed E-state index contributed by atoms with van der Waals surface area (Å²) in [6.45, 7) is 9.52. The minimum absolute atomic E-state index is 0.132. The first-order chi connectivity index (χ1) is 16.5. The van der Waals surface area contributed by atoms with Crippen LogP contribution in [0.2, 0.25) is 0 Å². The van der Waals surface area contributed by atoms with E-state index in [1.807, 2.05) is 6.92 Å². The van der Waals surface area contributed by atoms with E-state index in [2.05, 4.69) is 37.5 Å². The monoisotopic (exact) mass is 512 g/mol. The topological polar surface area (TPSA) is 58.2 Å². The van der Waals surface area contributed by atoms with Gasteiger partial charge < -0.3 is 5.32 Å². The molecular formula is C28H52N2O2S2. The van der Waals surface area contributed by atoms with Crippen molar-refractivity contribution in [2.45, 2.75) is 110 Å². The second-order valence-electron chi connectivity index (χ2n) is 9.49. The van der Waals surface area contributed by atoms with Crippen LogP contribution in [-0.2, 0) is 9.59 Å². The largest absolute Gasteiger partial charge is 0.307 e. The number of nitrogens with one attached hydrogen (secondary N) is 2. The van der Waals surface area contributed by atoms with Crippen molar-refractivity contribution >= 4 is 35.1 Å². The first kappa shape index (κ1) is 31.7. The third-order valence-electron chi connectivity index (χ3n) is 6.89. The van der Waals surface area contributed by atoms with E-state index in [9.17, 15) is 9.59 Å². The summed E-state index contributed by atoms with van der Waals surface area (Å²) in [6, 6.07) is -0.344. The fraction of sp³-hybridized carbons (Fsp3) is 0.857. The van der Waals surface area contributed by atoms with Gasteiger partial charge in [0.25, 0.3) is 0 Å². The highest BCUT2D eigenvalue weighted by molar-refractivity contribution is 7.99. The van der Waals surface area contributed by atoms with Crippen molar-refractivity contribution in [1.29, 1.82) is 0 Å². The number of carbonyl (C=O) groups excluding carboxylic acids is 2. The van der Waals surface area contributed by atoms with Crippen molar-refractivity contribution in [3.05, 3.63) is 11.6 Å². The van der Waals surface area contributed by atoms with Crippen molar-refractivity contribution in [2.24, 2.45) is 5.92 Å². The van der Waals surface area contributed by atoms with Crippen molar-refractivity contribution in [3.8, 4) is 0 Å². The van der Waals surface area contributed by atoms with Crippen LogP contribution in [0.15, 0.2) is 11.6 Å². The second-order valence-corrected chi connectivity index (χ2v) is 12.1. The number of carbonyl (C=O) groups is 2. The molecule has 0 bridgehead atoms. The number of thioether (sulfide) groups is 2. The van der Waals surface area contributed by atoms with E-state index in [1.165, 1.54) is 57.8 Å². The number of hydrogen-bond acceptors (Lipinski definition) is 6. The van der Waals surface area contributed by atoms with Crippen LogP contribution in [0.1, 0.15) is 98.3 Å². The van der Waals surface area contributed by atoms with E-state index in [0.717, 1.165) is 41.9 Å². The van der Waals surface area contributed by atoms with Crippen LogP contribution in [0.4, 0.5) is 0 Å². The molecule has 198 valence electrons. The van der Waals surface area contributed by atoms with Crippen molar-refractivity contribution in [1.82, 2.24) is 10.6 Å². The molecule has 4 nitrogen and oxygen atoms in total. The number of ketones is 2. The molecule has 0 aromatic heterocycles. The van der Waals surface area contributed by atoms with Gasteiger partial charge in [-0.05, 0) is 63.0 Å². The third-order valence-corrected chi connectivity index (χ3v) is 8.85.